The van der Waals surface area contributed by atoms with E-state index in [1.807, 2.05) is 30.3 Å². The maximum Gasteiger partial charge on any atom is 0.306 e. The number of methoxy groups -OCH3 is 1. The fraction of sp³-hybridized carbons (Fsp3) is 0.533. The summed E-state index contributed by atoms with van der Waals surface area (Å²) >= 11 is 0. The molecule has 1 rings (SSSR count). The van der Waals surface area contributed by atoms with Crippen molar-refractivity contribution in [2.75, 3.05) is 12.9 Å². The smallest absolute Gasteiger partial charge is 0.306 e. The molecule has 0 saturated heterocycles. The lowest BCUT2D eigenvalue weighted by molar-refractivity contribution is -0.140. The number of aryl methyl sites for hydroxylation is 1. The van der Waals surface area contributed by atoms with E-state index < -0.39 is 21.1 Å². The van der Waals surface area contributed by atoms with E-state index in [1.165, 1.54) is 12.7 Å². The molecule has 0 aromatic heterocycles. The molecule has 0 aliphatic heterocycles. The van der Waals surface area contributed by atoms with Crippen LogP contribution in [0.3, 0.4) is 0 Å². The van der Waals surface area contributed by atoms with Gasteiger partial charge < -0.3 is 4.74 Å². The second-order valence-corrected chi connectivity index (χ2v) is 7.44. The van der Waals surface area contributed by atoms with Crippen LogP contribution in [-0.4, -0.2) is 32.5 Å². The van der Waals surface area contributed by atoms with Crippen molar-refractivity contribution in [2.45, 2.75) is 37.9 Å². The van der Waals surface area contributed by atoms with Gasteiger partial charge in [-0.3, -0.25) is 4.79 Å². The van der Waals surface area contributed by atoms with Crippen molar-refractivity contribution in [3.05, 3.63) is 35.9 Å². The van der Waals surface area contributed by atoms with Gasteiger partial charge in [0.15, 0.2) is 9.84 Å². The Bertz CT molecular complexity index is 508. The zero-order valence-electron chi connectivity index (χ0n) is 12.0. The third kappa shape index (κ3) is 5.74. The molecule has 0 heterocycles. The van der Waals surface area contributed by atoms with E-state index in [0.29, 0.717) is 6.42 Å². The van der Waals surface area contributed by atoms with Crippen molar-refractivity contribution in [1.29, 1.82) is 0 Å². The minimum atomic E-state index is -3.22. The van der Waals surface area contributed by atoms with E-state index in [4.69, 9.17) is 0 Å². The Balaban J connectivity index is 2.34. The highest BCUT2D eigenvalue weighted by atomic mass is 32.2. The molecular formula is C15H22O4S. The van der Waals surface area contributed by atoms with Crippen LogP contribution in [0.25, 0.3) is 0 Å². The van der Waals surface area contributed by atoms with E-state index in [9.17, 15) is 13.2 Å². The molecule has 1 aromatic rings. The monoisotopic (exact) mass is 298 g/mol. The van der Waals surface area contributed by atoms with Crippen LogP contribution in [0.2, 0.25) is 0 Å². The first-order chi connectivity index (χ1) is 9.45. The van der Waals surface area contributed by atoms with Gasteiger partial charge in [0.25, 0.3) is 0 Å². The molecule has 0 fully saturated rings. The summed E-state index contributed by atoms with van der Waals surface area (Å²) in [6.45, 7) is 1.56. The minimum absolute atomic E-state index is 0.0719. The van der Waals surface area contributed by atoms with E-state index in [1.54, 1.807) is 6.92 Å². The first-order valence-corrected chi connectivity index (χ1v) is 8.49. The lowest BCUT2D eigenvalue weighted by Gasteiger charge is -2.11. The summed E-state index contributed by atoms with van der Waals surface area (Å²) in [5.74, 6) is -0.358. The number of hydrogen-bond acceptors (Lipinski definition) is 4. The lowest BCUT2D eigenvalue weighted by Crippen LogP contribution is -2.24. The van der Waals surface area contributed by atoms with Crippen molar-refractivity contribution in [3.8, 4) is 0 Å². The fourth-order valence-electron chi connectivity index (χ4n) is 1.92. The van der Waals surface area contributed by atoms with Crippen molar-refractivity contribution < 1.29 is 17.9 Å². The van der Waals surface area contributed by atoms with E-state index >= 15 is 0 Å². The Kier molecular flexibility index (Phi) is 6.71. The molecule has 4 nitrogen and oxygen atoms in total. The average Bonchev–Trinajstić information content (AvgIpc) is 2.44. The molecule has 5 heteroatoms. The maximum absolute atomic E-state index is 12.0. The number of ether oxygens (including phenoxy) is 1. The Labute approximate surface area is 121 Å². The number of esters is 1. The van der Waals surface area contributed by atoms with Gasteiger partial charge in [0.05, 0.1) is 24.5 Å². The van der Waals surface area contributed by atoms with Crippen molar-refractivity contribution in [1.82, 2.24) is 0 Å². The van der Waals surface area contributed by atoms with Crippen molar-refractivity contribution in [2.24, 2.45) is 0 Å². The van der Waals surface area contributed by atoms with Crippen molar-refractivity contribution in [3.63, 3.8) is 0 Å². The molecular weight excluding hydrogens is 276 g/mol. The number of carbonyl (C=O) groups is 1. The molecule has 1 unspecified atom stereocenters. The summed E-state index contributed by atoms with van der Waals surface area (Å²) in [5, 5.41) is -0.674. The zero-order chi connectivity index (χ0) is 15.0. The van der Waals surface area contributed by atoms with Crippen LogP contribution in [0.15, 0.2) is 30.3 Å². The third-order valence-electron chi connectivity index (χ3n) is 3.28. The quantitative estimate of drug-likeness (QED) is 0.546. The minimum Gasteiger partial charge on any atom is -0.469 e. The first-order valence-electron chi connectivity index (χ1n) is 6.78. The standard InChI is InChI=1S/C15H22O4S/c1-13(12-15(16)19-2)20(17,18)11-7-6-10-14-8-4-3-5-9-14/h3-5,8-9,13H,6-7,10-12H2,1-2H3. The van der Waals surface area contributed by atoms with Gasteiger partial charge in [0.2, 0.25) is 0 Å². The van der Waals surface area contributed by atoms with Gasteiger partial charge in [-0.25, -0.2) is 8.42 Å². The van der Waals surface area contributed by atoms with Gasteiger partial charge in [-0.2, -0.15) is 0 Å². The SMILES string of the molecule is COC(=O)CC(C)S(=O)(=O)CCCCc1ccccc1. The Hall–Kier alpha value is -1.36. The number of hydrogen-bond donors (Lipinski definition) is 0. The van der Waals surface area contributed by atoms with Gasteiger partial charge in [-0.1, -0.05) is 30.3 Å². The zero-order valence-corrected chi connectivity index (χ0v) is 12.9. The summed E-state index contributed by atoms with van der Waals surface area (Å²) in [7, 11) is -1.96. The average molecular weight is 298 g/mol. The molecule has 1 atom stereocenters. The van der Waals surface area contributed by atoms with Gasteiger partial charge in [0, 0.05) is 0 Å². The second-order valence-electron chi connectivity index (χ2n) is 4.90. The number of sulfone groups is 1. The number of carbonyl (C=O) groups excluding carboxylic acids is 1. The molecule has 0 aliphatic rings. The van der Waals surface area contributed by atoms with Crippen LogP contribution in [0.1, 0.15) is 31.7 Å². The highest BCUT2D eigenvalue weighted by Gasteiger charge is 2.23. The number of benzene rings is 1. The Morgan fingerprint density at radius 2 is 1.85 bits per heavy atom. The molecule has 0 N–H and O–H groups in total. The summed E-state index contributed by atoms with van der Waals surface area (Å²) in [6, 6.07) is 9.99. The van der Waals surface area contributed by atoms with Crippen LogP contribution in [0.4, 0.5) is 0 Å². The van der Waals surface area contributed by atoms with Gasteiger partial charge >= 0.3 is 5.97 Å². The van der Waals surface area contributed by atoms with Gasteiger partial charge in [0.1, 0.15) is 0 Å². The van der Waals surface area contributed by atoms with Crippen molar-refractivity contribution >= 4 is 15.8 Å². The summed E-state index contributed by atoms with van der Waals surface area (Å²) in [6.07, 6.45) is 2.25. The number of rotatable bonds is 8. The third-order valence-corrected chi connectivity index (χ3v) is 5.53. The molecule has 0 bridgehead atoms. The maximum atomic E-state index is 12.0. The largest absolute Gasteiger partial charge is 0.469 e. The fourth-order valence-corrected chi connectivity index (χ4v) is 3.32. The second kappa shape index (κ2) is 8.04. The van der Waals surface area contributed by atoms with Crippen LogP contribution in [0, 0.1) is 0 Å². The summed E-state index contributed by atoms with van der Waals surface area (Å²) < 4.78 is 28.5. The molecule has 20 heavy (non-hydrogen) atoms. The van der Waals surface area contributed by atoms with Crippen LogP contribution in [0.5, 0.6) is 0 Å². The van der Waals surface area contributed by atoms with Crippen LogP contribution < -0.4 is 0 Å². The van der Waals surface area contributed by atoms with Crippen LogP contribution in [-0.2, 0) is 25.8 Å². The molecule has 112 valence electrons. The predicted molar refractivity (Wildman–Crippen MR) is 79.3 cm³/mol. The topological polar surface area (TPSA) is 60.4 Å². The van der Waals surface area contributed by atoms with E-state index in [0.717, 1.165) is 12.8 Å². The summed E-state index contributed by atoms with van der Waals surface area (Å²) in [4.78, 5) is 11.1. The first kappa shape index (κ1) is 16.7. The lowest BCUT2D eigenvalue weighted by atomic mass is 10.1. The highest BCUT2D eigenvalue weighted by molar-refractivity contribution is 7.92. The van der Waals surface area contributed by atoms with Crippen LogP contribution >= 0.6 is 0 Å². The Morgan fingerprint density at radius 3 is 2.45 bits per heavy atom. The molecule has 0 radical (unpaired) electrons. The molecule has 0 saturated carbocycles. The van der Waals surface area contributed by atoms with E-state index in [-0.39, 0.29) is 12.2 Å². The molecule has 0 amide bonds. The van der Waals surface area contributed by atoms with Gasteiger partial charge in [-0.05, 0) is 31.7 Å². The normalized spacial score (nSPS) is 12.9. The highest BCUT2D eigenvalue weighted by Crippen LogP contribution is 2.11. The van der Waals surface area contributed by atoms with E-state index in [2.05, 4.69) is 4.74 Å². The molecule has 0 aliphatic carbocycles. The Morgan fingerprint density at radius 1 is 1.20 bits per heavy atom. The summed E-state index contributed by atoms with van der Waals surface area (Å²) in [5.41, 5.74) is 1.22. The molecule has 0 spiro atoms. The molecule has 1 aromatic carbocycles. The number of unbranched alkanes of at least 4 members (excludes halogenated alkanes) is 1. The van der Waals surface area contributed by atoms with Gasteiger partial charge in [-0.15, -0.1) is 0 Å². The predicted octanol–water partition coefficient (Wildman–Crippen LogP) is 2.38.